The molecule has 0 aromatic heterocycles. The normalized spacial score (nSPS) is 14.2. The maximum atomic E-state index is 13.4. The summed E-state index contributed by atoms with van der Waals surface area (Å²) >= 11 is 18.7. The van der Waals surface area contributed by atoms with Crippen molar-refractivity contribution in [1.29, 1.82) is 0 Å². The Morgan fingerprint density at radius 2 is 1.40 bits per heavy atom. The summed E-state index contributed by atoms with van der Waals surface area (Å²) in [5.74, 6) is -1.57. The second-order valence-corrected chi connectivity index (χ2v) is 13.6. The number of carbonyl (C=O) groups is 4. The Morgan fingerprint density at radius 3 is 1.98 bits per heavy atom. The number of amides is 3. The number of hydrogen-bond acceptors (Lipinski definition) is 7. The molecule has 10 nitrogen and oxygen atoms in total. The van der Waals surface area contributed by atoms with Gasteiger partial charge in [0, 0.05) is 44.8 Å². The molecule has 0 saturated carbocycles. The number of aryl methyl sites for hydroxylation is 1. The zero-order valence-corrected chi connectivity index (χ0v) is 29.5. The Morgan fingerprint density at radius 1 is 0.812 bits per heavy atom. The molecule has 3 aromatic rings. The standard InChI is InChI=1S/C35H39Cl3N4O6/c1-22-7-5-8-25(36)29(22)31(43)40-28(33(45)47-20-19-41-15-17-42(18-16-41)34(46)48-35(2,3)4)21-23-11-13-24(14-12-23)39-32(44)30-26(37)9-6-10-27(30)38/h5-14,28H,15-21H2,1-4H3,(H,39,44)(H,40,43). The first kappa shape index (κ1) is 37.0. The third-order valence-electron chi connectivity index (χ3n) is 7.56. The molecule has 1 saturated heterocycles. The zero-order valence-electron chi connectivity index (χ0n) is 27.3. The first-order valence-electron chi connectivity index (χ1n) is 15.5. The molecule has 1 aliphatic rings. The number of halogens is 3. The van der Waals surface area contributed by atoms with Crippen LogP contribution in [0.25, 0.3) is 0 Å². The predicted octanol–water partition coefficient (Wildman–Crippen LogP) is 6.64. The topological polar surface area (TPSA) is 117 Å². The van der Waals surface area contributed by atoms with Gasteiger partial charge in [0.25, 0.3) is 11.8 Å². The quantitative estimate of drug-likeness (QED) is 0.226. The van der Waals surface area contributed by atoms with E-state index in [2.05, 4.69) is 15.5 Å². The van der Waals surface area contributed by atoms with Crippen LogP contribution < -0.4 is 10.6 Å². The van der Waals surface area contributed by atoms with E-state index in [-0.39, 0.29) is 45.3 Å². The van der Waals surface area contributed by atoms with Gasteiger partial charge in [0.15, 0.2) is 0 Å². The van der Waals surface area contributed by atoms with Gasteiger partial charge in [0.2, 0.25) is 0 Å². The van der Waals surface area contributed by atoms with Crippen molar-refractivity contribution in [3.8, 4) is 0 Å². The van der Waals surface area contributed by atoms with Crippen molar-refractivity contribution in [2.24, 2.45) is 0 Å². The number of ether oxygens (including phenoxy) is 2. The lowest BCUT2D eigenvalue weighted by Crippen LogP contribution is -2.51. The third-order valence-corrected chi connectivity index (χ3v) is 8.50. The van der Waals surface area contributed by atoms with Crippen molar-refractivity contribution < 1.29 is 28.7 Å². The van der Waals surface area contributed by atoms with E-state index in [1.54, 1.807) is 72.5 Å². The molecule has 2 N–H and O–H groups in total. The van der Waals surface area contributed by atoms with Crippen LogP contribution >= 0.6 is 34.8 Å². The molecule has 1 atom stereocenters. The molecule has 256 valence electrons. The minimum atomic E-state index is -1.03. The number of nitrogens with zero attached hydrogens (tertiary/aromatic N) is 2. The second kappa shape index (κ2) is 16.5. The first-order valence-corrected chi connectivity index (χ1v) is 16.6. The fourth-order valence-electron chi connectivity index (χ4n) is 5.07. The van der Waals surface area contributed by atoms with E-state index in [4.69, 9.17) is 44.3 Å². The van der Waals surface area contributed by atoms with Crippen LogP contribution in [0, 0.1) is 6.92 Å². The summed E-state index contributed by atoms with van der Waals surface area (Å²) in [5.41, 5.74) is 1.73. The van der Waals surface area contributed by atoms with E-state index in [0.717, 1.165) is 0 Å². The number of nitrogens with one attached hydrogen (secondary N) is 2. The van der Waals surface area contributed by atoms with Gasteiger partial charge >= 0.3 is 12.1 Å². The van der Waals surface area contributed by atoms with Crippen molar-refractivity contribution in [3.05, 3.63) is 98.0 Å². The highest BCUT2D eigenvalue weighted by molar-refractivity contribution is 6.40. The third kappa shape index (κ3) is 10.3. The number of carbonyl (C=O) groups excluding carboxylic acids is 4. The minimum absolute atomic E-state index is 0.0956. The molecule has 1 heterocycles. The Kier molecular flexibility index (Phi) is 12.7. The molecule has 3 amide bonds. The Balaban J connectivity index is 1.39. The molecule has 1 unspecified atom stereocenters. The van der Waals surface area contributed by atoms with E-state index in [0.29, 0.717) is 49.5 Å². The highest BCUT2D eigenvalue weighted by Gasteiger charge is 2.28. The van der Waals surface area contributed by atoms with Gasteiger partial charge < -0.3 is 25.0 Å². The predicted molar refractivity (Wildman–Crippen MR) is 187 cm³/mol. The van der Waals surface area contributed by atoms with Crippen LogP contribution in [0.15, 0.2) is 60.7 Å². The number of anilines is 1. The molecule has 4 rings (SSSR count). The van der Waals surface area contributed by atoms with Gasteiger partial charge in [-0.3, -0.25) is 14.5 Å². The van der Waals surface area contributed by atoms with Crippen molar-refractivity contribution in [2.45, 2.75) is 45.8 Å². The molecule has 0 spiro atoms. The highest BCUT2D eigenvalue weighted by Crippen LogP contribution is 2.26. The van der Waals surface area contributed by atoms with E-state index in [1.165, 1.54) is 0 Å². The van der Waals surface area contributed by atoms with E-state index in [1.807, 2.05) is 20.8 Å². The molecule has 0 aliphatic carbocycles. The highest BCUT2D eigenvalue weighted by atomic mass is 35.5. The fourth-order valence-corrected chi connectivity index (χ4v) is 5.94. The van der Waals surface area contributed by atoms with Gasteiger partial charge in [0.1, 0.15) is 18.2 Å². The number of benzene rings is 3. The minimum Gasteiger partial charge on any atom is -0.463 e. The van der Waals surface area contributed by atoms with Crippen molar-refractivity contribution in [3.63, 3.8) is 0 Å². The Bertz CT molecular complexity index is 1600. The molecule has 1 aliphatic heterocycles. The molecule has 0 bridgehead atoms. The zero-order chi connectivity index (χ0) is 35.0. The molecular weight excluding hydrogens is 679 g/mol. The van der Waals surface area contributed by atoms with Crippen LogP contribution in [0.4, 0.5) is 10.5 Å². The van der Waals surface area contributed by atoms with E-state index in [9.17, 15) is 19.2 Å². The van der Waals surface area contributed by atoms with E-state index < -0.39 is 29.4 Å². The van der Waals surface area contributed by atoms with Crippen molar-refractivity contribution in [2.75, 3.05) is 44.6 Å². The molecule has 0 radical (unpaired) electrons. The van der Waals surface area contributed by atoms with E-state index >= 15 is 0 Å². The molecular formula is C35H39Cl3N4O6. The number of piperazine rings is 1. The summed E-state index contributed by atoms with van der Waals surface area (Å²) in [5, 5.41) is 6.29. The van der Waals surface area contributed by atoms with Gasteiger partial charge in [-0.2, -0.15) is 0 Å². The van der Waals surface area contributed by atoms with Gasteiger partial charge in [0.05, 0.1) is 26.2 Å². The van der Waals surface area contributed by atoms with Gasteiger partial charge in [-0.05, 0) is 69.2 Å². The second-order valence-electron chi connectivity index (χ2n) is 12.4. The molecule has 1 fully saturated rings. The first-order chi connectivity index (χ1) is 22.7. The van der Waals surface area contributed by atoms with Crippen LogP contribution in [-0.4, -0.2) is 84.7 Å². The maximum Gasteiger partial charge on any atom is 0.410 e. The van der Waals surface area contributed by atoms with Gasteiger partial charge in [-0.1, -0.05) is 65.1 Å². The van der Waals surface area contributed by atoms with Crippen LogP contribution in [-0.2, 0) is 20.7 Å². The fraction of sp³-hybridized carbons (Fsp3) is 0.371. The smallest absolute Gasteiger partial charge is 0.410 e. The average Bonchev–Trinajstić information content (AvgIpc) is 3.01. The Hall–Kier alpha value is -3.83. The van der Waals surface area contributed by atoms with Crippen LogP contribution in [0.2, 0.25) is 15.1 Å². The molecule has 13 heteroatoms. The van der Waals surface area contributed by atoms with Crippen molar-refractivity contribution >= 4 is 64.4 Å². The summed E-state index contributed by atoms with van der Waals surface area (Å²) in [6.45, 7) is 10.0. The Labute approximate surface area is 295 Å². The summed E-state index contributed by atoms with van der Waals surface area (Å²) in [6, 6.07) is 15.7. The lowest BCUT2D eigenvalue weighted by Gasteiger charge is -2.35. The molecule has 48 heavy (non-hydrogen) atoms. The maximum absolute atomic E-state index is 13.4. The molecule has 3 aromatic carbocycles. The van der Waals surface area contributed by atoms with Crippen molar-refractivity contribution in [1.82, 2.24) is 15.1 Å². The van der Waals surface area contributed by atoms with Gasteiger partial charge in [-0.15, -0.1) is 0 Å². The number of rotatable bonds is 10. The summed E-state index contributed by atoms with van der Waals surface area (Å²) in [6.07, 6.45) is -0.228. The summed E-state index contributed by atoms with van der Waals surface area (Å²) in [7, 11) is 0. The lowest BCUT2D eigenvalue weighted by atomic mass is 10.0. The van der Waals surface area contributed by atoms with Gasteiger partial charge in [-0.25, -0.2) is 9.59 Å². The lowest BCUT2D eigenvalue weighted by molar-refractivity contribution is -0.146. The average molecular weight is 718 g/mol. The van der Waals surface area contributed by atoms with Crippen LogP contribution in [0.1, 0.15) is 52.6 Å². The number of hydrogen-bond donors (Lipinski definition) is 2. The summed E-state index contributed by atoms with van der Waals surface area (Å²) < 4.78 is 11.1. The summed E-state index contributed by atoms with van der Waals surface area (Å²) in [4.78, 5) is 55.7. The van der Waals surface area contributed by atoms with Crippen LogP contribution in [0.5, 0.6) is 0 Å². The monoisotopic (exact) mass is 716 g/mol. The largest absolute Gasteiger partial charge is 0.463 e. The number of esters is 1. The van der Waals surface area contributed by atoms with Crippen LogP contribution in [0.3, 0.4) is 0 Å². The SMILES string of the molecule is Cc1cccc(Cl)c1C(=O)NC(Cc1ccc(NC(=O)c2c(Cl)cccc2Cl)cc1)C(=O)OCCN1CCN(C(=O)OC(C)(C)C)CC1.